The van der Waals surface area contributed by atoms with Crippen molar-refractivity contribution in [1.29, 1.82) is 0 Å². The molecule has 2 N–H and O–H groups in total. The lowest BCUT2D eigenvalue weighted by Gasteiger charge is -2.11. The van der Waals surface area contributed by atoms with Crippen LogP contribution in [0.1, 0.15) is 18.4 Å². The molecule has 0 atom stereocenters. The molecule has 0 spiro atoms. The number of rotatable bonds is 6. The first kappa shape index (κ1) is 15.6. The van der Waals surface area contributed by atoms with Gasteiger partial charge in [-0.15, -0.1) is 0 Å². The summed E-state index contributed by atoms with van der Waals surface area (Å²) in [6.45, 7) is 0.376. The number of halogens is 1. The fraction of sp³-hybridized carbons (Fsp3) is 0.200. The first-order valence-electron chi connectivity index (χ1n) is 8.46. The SMILES string of the molecule is Fc1ccccc1CNc1cc(NC2CC2)nc(-c2ccccc2)n1. The summed E-state index contributed by atoms with van der Waals surface area (Å²) < 4.78 is 13.8. The lowest BCUT2D eigenvalue weighted by molar-refractivity contribution is 0.613. The summed E-state index contributed by atoms with van der Waals surface area (Å²) in [6, 6.07) is 19.0. The maximum Gasteiger partial charge on any atom is 0.163 e. The van der Waals surface area contributed by atoms with Crippen molar-refractivity contribution in [2.24, 2.45) is 0 Å². The van der Waals surface area contributed by atoms with E-state index in [0.717, 1.165) is 11.4 Å². The lowest BCUT2D eigenvalue weighted by Crippen LogP contribution is -2.08. The molecule has 0 aliphatic heterocycles. The Bertz CT molecular complexity index is 863. The number of anilines is 2. The van der Waals surface area contributed by atoms with Crippen LogP contribution < -0.4 is 10.6 Å². The fourth-order valence-corrected chi connectivity index (χ4v) is 2.59. The molecule has 1 saturated carbocycles. The summed E-state index contributed by atoms with van der Waals surface area (Å²) in [5.41, 5.74) is 1.56. The van der Waals surface area contributed by atoms with E-state index in [1.165, 1.54) is 18.9 Å². The number of nitrogens with zero attached hydrogens (tertiary/aromatic N) is 2. The van der Waals surface area contributed by atoms with Gasteiger partial charge in [-0.1, -0.05) is 48.5 Å². The quantitative estimate of drug-likeness (QED) is 0.698. The molecule has 126 valence electrons. The van der Waals surface area contributed by atoms with Crippen molar-refractivity contribution in [3.05, 3.63) is 72.0 Å². The van der Waals surface area contributed by atoms with Crippen LogP contribution in [-0.2, 0) is 6.54 Å². The first-order chi connectivity index (χ1) is 12.3. The van der Waals surface area contributed by atoms with Crippen LogP contribution in [0.5, 0.6) is 0 Å². The number of nitrogens with one attached hydrogen (secondary N) is 2. The normalized spacial score (nSPS) is 13.5. The van der Waals surface area contributed by atoms with Crippen molar-refractivity contribution in [3.8, 4) is 11.4 Å². The molecule has 2 aromatic carbocycles. The Hall–Kier alpha value is -2.95. The first-order valence-corrected chi connectivity index (χ1v) is 8.46. The molecule has 1 aliphatic rings. The van der Waals surface area contributed by atoms with E-state index >= 15 is 0 Å². The minimum absolute atomic E-state index is 0.219. The fourth-order valence-electron chi connectivity index (χ4n) is 2.59. The summed E-state index contributed by atoms with van der Waals surface area (Å²) >= 11 is 0. The van der Waals surface area contributed by atoms with Gasteiger partial charge in [-0.3, -0.25) is 0 Å². The standard InChI is InChI=1S/C20H19FN4/c21-17-9-5-4-8-15(17)13-22-18-12-19(23-16-10-11-16)25-20(24-18)14-6-2-1-3-7-14/h1-9,12,16H,10-11,13H2,(H2,22,23,24,25). The molecule has 0 amide bonds. The Kier molecular flexibility index (Phi) is 4.29. The third-order valence-corrected chi connectivity index (χ3v) is 4.11. The topological polar surface area (TPSA) is 49.8 Å². The smallest absolute Gasteiger partial charge is 0.163 e. The maximum absolute atomic E-state index is 13.8. The van der Waals surface area contributed by atoms with E-state index in [0.29, 0.717) is 29.8 Å². The highest BCUT2D eigenvalue weighted by Crippen LogP contribution is 2.26. The molecule has 5 heteroatoms. The molecular weight excluding hydrogens is 315 g/mol. The summed E-state index contributed by atoms with van der Waals surface area (Å²) in [6.07, 6.45) is 2.34. The predicted molar refractivity (Wildman–Crippen MR) is 97.8 cm³/mol. The van der Waals surface area contributed by atoms with E-state index in [4.69, 9.17) is 0 Å². The molecule has 3 aromatic rings. The Morgan fingerprint density at radius 2 is 1.64 bits per heavy atom. The molecule has 0 saturated heterocycles. The molecule has 25 heavy (non-hydrogen) atoms. The molecule has 1 fully saturated rings. The van der Waals surface area contributed by atoms with Crippen molar-refractivity contribution in [2.45, 2.75) is 25.4 Å². The molecule has 0 unspecified atom stereocenters. The monoisotopic (exact) mass is 334 g/mol. The van der Waals surface area contributed by atoms with Crippen LogP contribution in [-0.4, -0.2) is 16.0 Å². The highest BCUT2D eigenvalue weighted by molar-refractivity contribution is 5.61. The third kappa shape index (κ3) is 3.94. The summed E-state index contributed by atoms with van der Waals surface area (Å²) in [5.74, 6) is 1.92. The number of hydrogen-bond donors (Lipinski definition) is 2. The minimum Gasteiger partial charge on any atom is -0.367 e. The zero-order chi connectivity index (χ0) is 17.1. The molecule has 1 aromatic heterocycles. The second-order valence-electron chi connectivity index (χ2n) is 6.19. The van der Waals surface area contributed by atoms with Crippen LogP contribution in [0.25, 0.3) is 11.4 Å². The molecule has 0 bridgehead atoms. The van der Waals surface area contributed by atoms with E-state index in [9.17, 15) is 4.39 Å². The van der Waals surface area contributed by atoms with Gasteiger partial charge >= 0.3 is 0 Å². The van der Waals surface area contributed by atoms with Crippen LogP contribution in [0.2, 0.25) is 0 Å². The molecule has 4 nitrogen and oxygen atoms in total. The molecule has 1 heterocycles. The van der Waals surface area contributed by atoms with Gasteiger partial charge in [0.25, 0.3) is 0 Å². The number of hydrogen-bond acceptors (Lipinski definition) is 4. The zero-order valence-corrected chi connectivity index (χ0v) is 13.7. The average molecular weight is 334 g/mol. The molecule has 4 rings (SSSR count). The van der Waals surface area contributed by atoms with Crippen LogP contribution in [0, 0.1) is 5.82 Å². The Morgan fingerprint density at radius 3 is 2.40 bits per heavy atom. The van der Waals surface area contributed by atoms with E-state index in [-0.39, 0.29) is 5.82 Å². The van der Waals surface area contributed by atoms with Gasteiger partial charge in [0.2, 0.25) is 0 Å². The minimum atomic E-state index is -0.219. The largest absolute Gasteiger partial charge is 0.367 e. The Morgan fingerprint density at radius 1 is 0.920 bits per heavy atom. The summed E-state index contributed by atoms with van der Waals surface area (Å²) in [4.78, 5) is 9.21. The lowest BCUT2D eigenvalue weighted by atomic mass is 10.2. The second kappa shape index (κ2) is 6.89. The molecular formula is C20H19FN4. The van der Waals surface area contributed by atoms with Gasteiger partial charge in [-0.2, -0.15) is 0 Å². The highest BCUT2D eigenvalue weighted by Gasteiger charge is 2.22. The van der Waals surface area contributed by atoms with Crippen LogP contribution in [0.15, 0.2) is 60.7 Å². The molecule has 0 radical (unpaired) electrons. The van der Waals surface area contributed by atoms with E-state index in [1.807, 2.05) is 42.5 Å². The van der Waals surface area contributed by atoms with E-state index in [2.05, 4.69) is 20.6 Å². The molecule has 1 aliphatic carbocycles. The van der Waals surface area contributed by atoms with E-state index < -0.39 is 0 Å². The highest BCUT2D eigenvalue weighted by atomic mass is 19.1. The number of aromatic nitrogens is 2. The van der Waals surface area contributed by atoms with E-state index in [1.54, 1.807) is 12.1 Å². The average Bonchev–Trinajstić information content (AvgIpc) is 3.46. The van der Waals surface area contributed by atoms with Gasteiger partial charge in [0.15, 0.2) is 5.82 Å². The maximum atomic E-state index is 13.8. The number of benzene rings is 2. The van der Waals surface area contributed by atoms with Crippen molar-refractivity contribution >= 4 is 11.6 Å². The van der Waals surface area contributed by atoms with Gasteiger partial charge in [0.05, 0.1) is 0 Å². The third-order valence-electron chi connectivity index (χ3n) is 4.11. The van der Waals surface area contributed by atoms with Crippen molar-refractivity contribution in [1.82, 2.24) is 9.97 Å². The van der Waals surface area contributed by atoms with Crippen molar-refractivity contribution in [3.63, 3.8) is 0 Å². The van der Waals surface area contributed by atoms with Crippen molar-refractivity contribution in [2.75, 3.05) is 10.6 Å². The summed E-state index contributed by atoms with van der Waals surface area (Å²) in [7, 11) is 0. The Labute approximate surface area is 146 Å². The Balaban J connectivity index is 1.60. The van der Waals surface area contributed by atoms with Gasteiger partial charge in [0.1, 0.15) is 17.5 Å². The van der Waals surface area contributed by atoms with Crippen LogP contribution in [0.3, 0.4) is 0 Å². The zero-order valence-electron chi connectivity index (χ0n) is 13.7. The van der Waals surface area contributed by atoms with Gasteiger partial charge < -0.3 is 10.6 Å². The van der Waals surface area contributed by atoms with Gasteiger partial charge in [-0.25, -0.2) is 14.4 Å². The summed E-state index contributed by atoms with van der Waals surface area (Å²) in [5, 5.41) is 6.63. The van der Waals surface area contributed by atoms with Crippen molar-refractivity contribution < 1.29 is 4.39 Å². The van der Waals surface area contributed by atoms with Gasteiger partial charge in [0, 0.05) is 29.8 Å². The second-order valence-corrected chi connectivity index (χ2v) is 6.19. The van der Waals surface area contributed by atoms with Crippen LogP contribution >= 0.6 is 0 Å². The van der Waals surface area contributed by atoms with Crippen LogP contribution in [0.4, 0.5) is 16.0 Å². The van der Waals surface area contributed by atoms with Gasteiger partial charge in [-0.05, 0) is 18.9 Å². The predicted octanol–water partition coefficient (Wildman–Crippen LogP) is 4.47.